The highest BCUT2D eigenvalue weighted by atomic mass is 32.1. The minimum Gasteiger partial charge on any atom is -0.480 e. The van der Waals surface area contributed by atoms with E-state index in [-0.39, 0.29) is 32.7 Å². The van der Waals surface area contributed by atoms with E-state index in [1.54, 1.807) is 0 Å². The molecule has 3 rings (SSSR count). The Labute approximate surface area is 168 Å². The molecule has 4 nitrogen and oxygen atoms in total. The Morgan fingerprint density at radius 1 is 1.17 bits per heavy atom. The lowest BCUT2D eigenvalue weighted by molar-refractivity contribution is -0.137. The van der Waals surface area contributed by atoms with Crippen LogP contribution in [0.4, 0.5) is 17.6 Å². The van der Waals surface area contributed by atoms with E-state index in [9.17, 15) is 22.4 Å². The Morgan fingerprint density at radius 2 is 1.86 bits per heavy atom. The molecular weight excluding hydrogens is 408 g/mol. The Bertz CT molecular complexity index is 1120. The molecule has 0 radical (unpaired) electrons. The number of benzene rings is 2. The zero-order valence-corrected chi connectivity index (χ0v) is 15.8. The molecule has 0 aliphatic heterocycles. The van der Waals surface area contributed by atoms with E-state index in [1.807, 2.05) is 0 Å². The fourth-order valence-electron chi connectivity index (χ4n) is 2.94. The summed E-state index contributed by atoms with van der Waals surface area (Å²) in [5.74, 6) is -1.81. The second-order valence-corrected chi connectivity index (χ2v) is 6.68. The van der Waals surface area contributed by atoms with Gasteiger partial charge in [-0.05, 0) is 24.3 Å². The molecule has 1 N–H and O–H groups in total. The van der Waals surface area contributed by atoms with Crippen molar-refractivity contribution in [3.63, 3.8) is 0 Å². The van der Waals surface area contributed by atoms with Crippen LogP contribution in [0.2, 0.25) is 0 Å². The predicted octanol–water partition coefficient (Wildman–Crippen LogP) is 4.75. The van der Waals surface area contributed by atoms with Gasteiger partial charge in [0.25, 0.3) is 0 Å². The first-order chi connectivity index (χ1) is 13.6. The molecule has 29 heavy (non-hydrogen) atoms. The average molecular weight is 422 g/mol. The number of fused-ring (bicyclic) bond motifs is 1. The summed E-state index contributed by atoms with van der Waals surface area (Å²) in [6.45, 7) is -0.448. The van der Waals surface area contributed by atoms with Gasteiger partial charge in [0.05, 0.1) is 16.8 Å². The van der Waals surface area contributed by atoms with Crippen LogP contribution in [0.5, 0.6) is 0 Å². The van der Waals surface area contributed by atoms with Crippen molar-refractivity contribution in [2.75, 3.05) is 13.6 Å². The molecule has 0 spiro atoms. The molecule has 1 heterocycles. The maximum atomic E-state index is 14.3. The summed E-state index contributed by atoms with van der Waals surface area (Å²) in [5, 5.41) is 9.10. The van der Waals surface area contributed by atoms with E-state index in [2.05, 4.69) is 4.98 Å². The van der Waals surface area contributed by atoms with Gasteiger partial charge in [0.15, 0.2) is 0 Å². The van der Waals surface area contributed by atoms with Crippen LogP contribution in [0.25, 0.3) is 22.2 Å². The molecule has 0 aliphatic carbocycles. The third-order valence-corrected chi connectivity index (χ3v) is 4.78. The van der Waals surface area contributed by atoms with Gasteiger partial charge in [-0.25, -0.2) is 9.37 Å². The number of hydrogen-bond acceptors (Lipinski definition) is 3. The molecule has 0 atom stereocenters. The van der Waals surface area contributed by atoms with E-state index in [0.717, 1.165) is 6.07 Å². The highest BCUT2D eigenvalue weighted by Gasteiger charge is 2.34. The quantitative estimate of drug-likeness (QED) is 0.486. The molecule has 0 fully saturated rings. The number of thiocarbonyl (C=S) groups is 1. The van der Waals surface area contributed by atoms with Crippen molar-refractivity contribution in [2.24, 2.45) is 0 Å². The molecule has 2 aromatic carbocycles. The largest absolute Gasteiger partial charge is 0.480 e. The number of aromatic nitrogens is 1. The SMILES string of the molecule is CN(CC(=O)O)C(=S)c1cc(-c2ccccc2F)nc2c(C(F)(F)F)cccc12. The van der Waals surface area contributed by atoms with Gasteiger partial charge < -0.3 is 10.0 Å². The van der Waals surface area contributed by atoms with Gasteiger partial charge in [-0.2, -0.15) is 13.2 Å². The molecule has 1 aromatic heterocycles. The smallest absolute Gasteiger partial charge is 0.418 e. The van der Waals surface area contributed by atoms with Crippen molar-refractivity contribution in [3.05, 3.63) is 65.5 Å². The summed E-state index contributed by atoms with van der Waals surface area (Å²) in [5.41, 5.74) is -1.23. The van der Waals surface area contributed by atoms with Crippen LogP contribution in [0, 0.1) is 5.82 Å². The van der Waals surface area contributed by atoms with Crippen LogP contribution < -0.4 is 0 Å². The molecule has 0 saturated heterocycles. The molecule has 0 saturated carbocycles. The molecule has 0 unspecified atom stereocenters. The lowest BCUT2D eigenvalue weighted by atomic mass is 10.0. The molecule has 150 valence electrons. The van der Waals surface area contributed by atoms with Crippen LogP contribution >= 0.6 is 12.2 Å². The van der Waals surface area contributed by atoms with Gasteiger partial charge in [0, 0.05) is 23.6 Å². The number of halogens is 4. The summed E-state index contributed by atoms with van der Waals surface area (Å²) < 4.78 is 55.0. The number of pyridine rings is 1. The summed E-state index contributed by atoms with van der Waals surface area (Å²) in [6, 6.07) is 10.5. The highest BCUT2D eigenvalue weighted by Crippen LogP contribution is 2.36. The fourth-order valence-corrected chi connectivity index (χ4v) is 3.17. The summed E-state index contributed by atoms with van der Waals surface area (Å²) in [4.78, 5) is 16.3. The number of alkyl halides is 3. The third-order valence-electron chi connectivity index (χ3n) is 4.24. The summed E-state index contributed by atoms with van der Waals surface area (Å²) >= 11 is 5.33. The minimum absolute atomic E-state index is 0.0105. The number of rotatable bonds is 4. The third kappa shape index (κ3) is 4.19. The van der Waals surface area contributed by atoms with Gasteiger partial charge in [-0.1, -0.05) is 36.5 Å². The molecular formula is C20H14F4N2O2S. The van der Waals surface area contributed by atoms with Gasteiger partial charge >= 0.3 is 12.1 Å². The number of carbonyl (C=O) groups is 1. The van der Waals surface area contributed by atoms with Crippen molar-refractivity contribution < 1.29 is 27.5 Å². The van der Waals surface area contributed by atoms with Gasteiger partial charge in [0.1, 0.15) is 17.4 Å². The summed E-state index contributed by atoms with van der Waals surface area (Å²) in [6.07, 6.45) is -4.69. The number of nitrogens with zero attached hydrogens (tertiary/aromatic N) is 2. The number of carboxylic acid groups (broad SMARTS) is 1. The molecule has 0 amide bonds. The van der Waals surface area contributed by atoms with E-state index in [1.165, 1.54) is 54.4 Å². The first-order valence-corrected chi connectivity index (χ1v) is 8.73. The van der Waals surface area contributed by atoms with Crippen molar-refractivity contribution in [1.29, 1.82) is 0 Å². The summed E-state index contributed by atoms with van der Waals surface area (Å²) in [7, 11) is 1.42. The first kappa shape index (κ1) is 20.7. The van der Waals surface area contributed by atoms with Gasteiger partial charge in [0.2, 0.25) is 0 Å². The second-order valence-electron chi connectivity index (χ2n) is 6.29. The van der Waals surface area contributed by atoms with Gasteiger partial charge in [-0.15, -0.1) is 0 Å². The normalized spacial score (nSPS) is 11.5. The zero-order valence-electron chi connectivity index (χ0n) is 15.0. The Balaban J connectivity index is 2.33. The number of aliphatic carboxylic acids is 1. The van der Waals surface area contributed by atoms with E-state index >= 15 is 0 Å². The van der Waals surface area contributed by atoms with Crippen LogP contribution in [0.1, 0.15) is 11.1 Å². The number of hydrogen-bond donors (Lipinski definition) is 1. The Morgan fingerprint density at radius 3 is 2.48 bits per heavy atom. The lowest BCUT2D eigenvalue weighted by Crippen LogP contribution is -2.31. The van der Waals surface area contributed by atoms with Crippen molar-refractivity contribution in [3.8, 4) is 11.3 Å². The molecule has 0 bridgehead atoms. The standard InChI is InChI=1S/C20H14F4N2O2S/c1-26(10-17(27)28)19(29)13-9-16(12-5-2-3-8-15(12)21)25-18-11(13)6-4-7-14(18)20(22,23)24/h2-9H,10H2,1H3,(H,27,28). The topological polar surface area (TPSA) is 53.4 Å². The fraction of sp³-hybridized carbons (Fsp3) is 0.150. The maximum Gasteiger partial charge on any atom is 0.418 e. The Kier molecular flexibility index (Phi) is 5.52. The van der Waals surface area contributed by atoms with Gasteiger partial charge in [-0.3, -0.25) is 4.79 Å². The second kappa shape index (κ2) is 7.75. The van der Waals surface area contributed by atoms with Crippen LogP contribution in [0.3, 0.4) is 0 Å². The van der Waals surface area contributed by atoms with Crippen molar-refractivity contribution in [1.82, 2.24) is 9.88 Å². The zero-order chi connectivity index (χ0) is 21.3. The highest BCUT2D eigenvalue weighted by molar-refractivity contribution is 7.80. The predicted molar refractivity (Wildman–Crippen MR) is 104 cm³/mol. The molecule has 0 aliphatic rings. The van der Waals surface area contributed by atoms with Crippen LogP contribution in [-0.4, -0.2) is 39.5 Å². The van der Waals surface area contributed by atoms with Crippen LogP contribution in [0.15, 0.2) is 48.5 Å². The maximum absolute atomic E-state index is 14.3. The minimum atomic E-state index is -4.69. The first-order valence-electron chi connectivity index (χ1n) is 8.32. The van der Waals surface area contributed by atoms with E-state index in [4.69, 9.17) is 17.3 Å². The molecule has 3 aromatic rings. The monoisotopic (exact) mass is 422 g/mol. The van der Waals surface area contributed by atoms with E-state index in [0.29, 0.717) is 0 Å². The lowest BCUT2D eigenvalue weighted by Gasteiger charge is -2.21. The number of likely N-dealkylation sites (N-methyl/N-ethyl adjacent to an activating group) is 1. The van der Waals surface area contributed by atoms with Crippen LogP contribution in [-0.2, 0) is 11.0 Å². The number of carboxylic acids is 1. The average Bonchev–Trinajstić information content (AvgIpc) is 2.65. The van der Waals surface area contributed by atoms with Crippen molar-refractivity contribution >= 4 is 34.1 Å². The molecule has 9 heteroatoms. The van der Waals surface area contributed by atoms with Crippen molar-refractivity contribution in [2.45, 2.75) is 6.18 Å². The van der Waals surface area contributed by atoms with E-state index < -0.39 is 30.1 Å². The Hall–Kier alpha value is -3.07. The number of para-hydroxylation sites is 1.